The normalized spacial score (nSPS) is 14.4. The highest BCUT2D eigenvalue weighted by molar-refractivity contribution is 6.22. The van der Waals surface area contributed by atoms with Gasteiger partial charge in [0.1, 0.15) is 43.5 Å². The number of rotatable bonds is 24. The molecule has 0 saturated heterocycles. The van der Waals surface area contributed by atoms with Crippen molar-refractivity contribution in [1.82, 2.24) is 21.3 Å². The lowest BCUT2D eigenvalue weighted by atomic mass is 9.73. The largest absolute Gasteiger partial charge is 0.480 e. The van der Waals surface area contributed by atoms with Crippen LogP contribution in [0.5, 0.6) is 0 Å². The van der Waals surface area contributed by atoms with Crippen LogP contribution in [-0.2, 0) is 81.7 Å². The highest BCUT2D eigenvalue weighted by atomic mass is 16.6. The van der Waals surface area contributed by atoms with Crippen molar-refractivity contribution in [3.05, 3.63) is 296 Å². The number of nitrogens with two attached hydrogens (primary N) is 1. The van der Waals surface area contributed by atoms with Crippen LogP contribution in [0, 0.1) is 5.41 Å². The molecule has 0 aromatic heterocycles. The zero-order valence-electron chi connectivity index (χ0n) is 63.5. The molecule has 13 rings (SSSR count). The molecule has 0 unspecified atom stereocenters. The molecule has 0 radical (unpaired) electrons. The van der Waals surface area contributed by atoms with E-state index in [0.29, 0.717) is 37.8 Å². The van der Waals surface area contributed by atoms with E-state index >= 15 is 0 Å². The number of Topliss-reactive ketones (excluding diaryl/α,β-unsaturated/α-hetero) is 2. The second-order valence-corrected chi connectivity index (χ2v) is 30.2. The number of ether oxygens (including phenoxy) is 4. The maximum Gasteiger partial charge on any atom is 0.407 e. The van der Waals surface area contributed by atoms with Crippen LogP contribution >= 0.6 is 0 Å². The SMILES string of the molecule is CC(C)(C)OC(=O)NCc1ccc(C[C@H](NC(=O)OCC2c3ccccc3-c3ccccc32)C(=O)O)cc1.CC(CCc1ccc(C[C@H](NC(=O)OCC2c3ccccc3-c3ccccc32)C(=O)O)cc1)=C1C(=O)CC(C)(C)CC1=O.NCc1ccc(C[C@H](NC(=O)OCC2c3ccccc3-c3ccccc32)C(=O)O)cc1. The van der Waals surface area contributed by atoms with Crippen molar-refractivity contribution in [2.75, 3.05) is 19.8 Å². The minimum Gasteiger partial charge on any atom is -0.480 e. The Hall–Kier alpha value is -12.5. The number of ketones is 2. The van der Waals surface area contributed by atoms with Crippen molar-refractivity contribution in [1.29, 1.82) is 0 Å². The van der Waals surface area contributed by atoms with Gasteiger partial charge < -0.3 is 61.3 Å². The molecule has 0 heterocycles. The third kappa shape index (κ3) is 20.7. The molecule has 21 heteroatoms. The minimum absolute atomic E-state index is 0.0716. The Kier molecular flexibility index (Phi) is 26.1. The van der Waals surface area contributed by atoms with E-state index < -0.39 is 66.0 Å². The summed E-state index contributed by atoms with van der Waals surface area (Å²) >= 11 is 0. The summed E-state index contributed by atoms with van der Waals surface area (Å²) in [6.07, 6.45) is -0.460. The number of carbonyl (C=O) groups is 9. The lowest BCUT2D eigenvalue weighted by Crippen LogP contribution is -2.42. The highest BCUT2D eigenvalue weighted by Gasteiger charge is 2.38. The van der Waals surface area contributed by atoms with Gasteiger partial charge in [-0.05, 0) is 146 Å². The van der Waals surface area contributed by atoms with E-state index in [1.165, 1.54) is 0 Å². The van der Waals surface area contributed by atoms with E-state index in [0.717, 1.165) is 106 Å². The molecule has 9 N–H and O–H groups in total. The topological polar surface area (TPSA) is 325 Å². The molecule has 0 bridgehead atoms. The van der Waals surface area contributed by atoms with Crippen LogP contribution in [0.4, 0.5) is 19.2 Å². The van der Waals surface area contributed by atoms with E-state index in [2.05, 4.69) is 45.5 Å². The summed E-state index contributed by atoms with van der Waals surface area (Å²) in [4.78, 5) is 110. The number of fused-ring (bicyclic) bond motifs is 9. The minimum atomic E-state index is -1.16. The molecule has 9 aromatic rings. The molecule has 0 aliphatic heterocycles. The third-order valence-electron chi connectivity index (χ3n) is 20.3. The molecule has 4 amide bonds. The van der Waals surface area contributed by atoms with Gasteiger partial charge in [-0.1, -0.05) is 238 Å². The van der Waals surface area contributed by atoms with Gasteiger partial charge in [0.25, 0.3) is 0 Å². The molecule has 112 heavy (non-hydrogen) atoms. The summed E-state index contributed by atoms with van der Waals surface area (Å²) in [6, 6.07) is 66.7. The summed E-state index contributed by atoms with van der Waals surface area (Å²) in [7, 11) is 0. The lowest BCUT2D eigenvalue weighted by molar-refractivity contribution is -0.140. The number of carboxylic acids is 3. The predicted octanol–water partition coefficient (Wildman–Crippen LogP) is 15.4. The van der Waals surface area contributed by atoms with Crippen LogP contribution in [0.25, 0.3) is 33.4 Å². The first-order chi connectivity index (χ1) is 53.7. The number of aliphatic carboxylic acids is 3. The van der Waals surface area contributed by atoms with E-state index in [1.807, 2.05) is 191 Å². The van der Waals surface area contributed by atoms with Crippen LogP contribution in [-0.4, -0.2) is 113 Å². The first-order valence-electron chi connectivity index (χ1n) is 37.4. The van der Waals surface area contributed by atoms with Crippen LogP contribution in [0.1, 0.15) is 145 Å². The average Bonchev–Trinajstić information content (AvgIpc) is 1.63. The second-order valence-electron chi connectivity index (χ2n) is 30.2. The summed E-state index contributed by atoms with van der Waals surface area (Å²) in [5.41, 5.74) is 24.2. The summed E-state index contributed by atoms with van der Waals surface area (Å²) in [6.45, 7) is 12.1. The van der Waals surface area contributed by atoms with Crippen molar-refractivity contribution >= 4 is 53.8 Å². The maximum absolute atomic E-state index is 12.7. The number of hydrogen-bond acceptors (Lipinski definition) is 14. The quantitative estimate of drug-likeness (QED) is 0.0158. The third-order valence-corrected chi connectivity index (χ3v) is 20.3. The maximum atomic E-state index is 12.7. The predicted molar refractivity (Wildman–Crippen MR) is 424 cm³/mol. The van der Waals surface area contributed by atoms with Crippen LogP contribution in [0.2, 0.25) is 0 Å². The van der Waals surface area contributed by atoms with Gasteiger partial charge in [0.05, 0.1) is 5.57 Å². The number of amides is 4. The zero-order chi connectivity index (χ0) is 79.8. The number of benzene rings is 9. The number of aryl methyl sites for hydroxylation is 1. The Morgan fingerprint density at radius 3 is 0.982 bits per heavy atom. The van der Waals surface area contributed by atoms with Gasteiger partial charge in [-0.15, -0.1) is 0 Å². The monoisotopic (exact) mass is 1510 g/mol. The fourth-order valence-corrected chi connectivity index (χ4v) is 14.8. The number of allylic oxidation sites excluding steroid dienone is 2. The van der Waals surface area contributed by atoms with E-state index in [-0.39, 0.29) is 80.4 Å². The Labute approximate surface area is 651 Å². The molecule has 0 spiro atoms. The molecule has 578 valence electrons. The number of carbonyl (C=O) groups excluding carboxylic acids is 6. The van der Waals surface area contributed by atoms with E-state index in [9.17, 15) is 58.5 Å². The number of carboxylic acid groups (broad SMARTS) is 3. The fourth-order valence-electron chi connectivity index (χ4n) is 14.8. The standard InChI is InChI=1S/C36H37NO6.C30H32N2O6.C25H24N2O4/c1-22(33-31(38)19-36(2,3)20-32(33)39)12-13-23-14-16-24(17-15-23)18-30(34(40)41)37-35(42)43-21-29-27-10-6-4-8-25(27)26-9-5-7-11-28(26)29;1-30(2,3)38-28(35)31-17-20-14-12-19(13-15-20)16-26(27(33)34)32-29(36)37-18-25-23-10-6-4-8-21(23)22-9-5-7-11-24(22)25;26-14-17-11-9-16(10-12-17)13-23(24(28)29)27-25(30)31-15-22-20-7-3-1-5-18(20)19-6-2-4-8-21(19)22/h4-11,14-17,29-30H,12-13,18-21H2,1-3H3,(H,37,42)(H,40,41);4-15,25-26H,16-18H2,1-3H3,(H,31,35)(H,32,36)(H,33,34);1-12,22-23H,13-15,26H2,(H,27,30)(H,28,29)/t30-;26-;23-/m000/s1. The van der Waals surface area contributed by atoms with Gasteiger partial charge >= 0.3 is 42.3 Å². The van der Waals surface area contributed by atoms with Crippen molar-refractivity contribution in [3.8, 4) is 33.4 Å². The highest BCUT2D eigenvalue weighted by Crippen LogP contribution is 2.47. The number of nitrogens with one attached hydrogen (secondary N) is 4. The van der Waals surface area contributed by atoms with Crippen LogP contribution < -0.4 is 27.0 Å². The molecular weight excluding hydrogens is 1420 g/mol. The summed E-state index contributed by atoms with van der Waals surface area (Å²) in [5.74, 6) is -3.87. The summed E-state index contributed by atoms with van der Waals surface area (Å²) in [5, 5.41) is 39.2. The molecule has 1 fully saturated rings. The van der Waals surface area contributed by atoms with Gasteiger partial charge in [-0.25, -0.2) is 33.6 Å². The number of hydrogen-bond donors (Lipinski definition) is 8. The van der Waals surface area contributed by atoms with E-state index in [1.54, 1.807) is 45.0 Å². The average molecular weight is 1510 g/mol. The van der Waals surface area contributed by atoms with E-state index in [4.69, 9.17) is 24.7 Å². The molecule has 9 aromatic carbocycles. The second kappa shape index (κ2) is 36.4. The molecule has 4 aliphatic rings. The van der Waals surface area contributed by atoms with Crippen molar-refractivity contribution in [2.45, 2.75) is 141 Å². The Bertz CT molecular complexity index is 4830. The van der Waals surface area contributed by atoms with Gasteiger partial charge in [0.2, 0.25) is 0 Å². The van der Waals surface area contributed by atoms with Gasteiger partial charge in [0.15, 0.2) is 11.6 Å². The summed E-state index contributed by atoms with van der Waals surface area (Å²) < 4.78 is 21.7. The zero-order valence-corrected chi connectivity index (χ0v) is 63.5. The van der Waals surface area contributed by atoms with Crippen LogP contribution in [0.3, 0.4) is 0 Å². The van der Waals surface area contributed by atoms with Crippen molar-refractivity contribution in [3.63, 3.8) is 0 Å². The smallest absolute Gasteiger partial charge is 0.407 e. The van der Waals surface area contributed by atoms with Crippen LogP contribution in [0.15, 0.2) is 230 Å². The van der Waals surface area contributed by atoms with Gasteiger partial charge in [-0.2, -0.15) is 0 Å². The molecule has 21 nitrogen and oxygen atoms in total. The fraction of sp³-hybridized carbons (Fsp3) is 0.286. The molecule has 4 aliphatic carbocycles. The lowest BCUT2D eigenvalue weighted by Gasteiger charge is -2.29. The Morgan fingerprint density at radius 1 is 0.420 bits per heavy atom. The Morgan fingerprint density at radius 2 is 0.696 bits per heavy atom. The van der Waals surface area contributed by atoms with Crippen molar-refractivity contribution in [2.24, 2.45) is 11.1 Å². The number of alkyl carbamates (subject to hydrolysis) is 4. The molecule has 3 atom stereocenters. The molecule has 1 saturated carbocycles. The van der Waals surface area contributed by atoms with Crippen molar-refractivity contribution < 1.29 is 77.4 Å². The Balaban J connectivity index is 0.000000168. The first-order valence-corrected chi connectivity index (χ1v) is 37.4. The van der Waals surface area contributed by atoms with Gasteiger partial charge in [-0.3, -0.25) is 9.59 Å². The van der Waals surface area contributed by atoms with Gasteiger partial charge in [0, 0.05) is 62.9 Å². The molecular formula is C91H93N5O16. The first kappa shape index (κ1) is 80.5.